The highest BCUT2D eigenvalue weighted by Crippen LogP contribution is 2.04. The van der Waals surface area contributed by atoms with Crippen molar-refractivity contribution in [1.29, 1.82) is 0 Å². The van der Waals surface area contributed by atoms with Gasteiger partial charge in [-0.1, -0.05) is 46.0 Å². The molecule has 0 fully saturated rings. The van der Waals surface area contributed by atoms with Gasteiger partial charge in [-0.2, -0.15) is 0 Å². The Bertz CT molecular complexity index is 173. The van der Waals surface area contributed by atoms with Crippen LogP contribution in [-0.2, 0) is 0 Å². The van der Waals surface area contributed by atoms with Crippen molar-refractivity contribution < 1.29 is 5.11 Å². The van der Waals surface area contributed by atoms with Gasteiger partial charge in [-0.05, 0) is 18.8 Å². The fraction of sp³-hybridized carbons (Fsp3) is 0.846. The molecule has 0 aromatic rings. The van der Waals surface area contributed by atoms with Gasteiger partial charge in [0.1, 0.15) is 6.10 Å². The Hall–Kier alpha value is -0.480. The Morgan fingerprint density at radius 1 is 1.14 bits per heavy atom. The summed E-state index contributed by atoms with van der Waals surface area (Å²) in [7, 11) is 0. The summed E-state index contributed by atoms with van der Waals surface area (Å²) >= 11 is 0. The largest absolute Gasteiger partial charge is 0.380 e. The van der Waals surface area contributed by atoms with Crippen molar-refractivity contribution in [3.8, 4) is 11.8 Å². The molecule has 0 radical (unpaired) electrons. The summed E-state index contributed by atoms with van der Waals surface area (Å²) in [6.07, 6.45) is 6.33. The number of hydrogen-bond donors (Lipinski definition) is 1. The van der Waals surface area contributed by atoms with E-state index in [0.29, 0.717) is 5.92 Å². The number of aliphatic hydroxyl groups is 1. The molecule has 1 nitrogen and oxygen atoms in total. The van der Waals surface area contributed by atoms with Crippen LogP contribution in [0.25, 0.3) is 0 Å². The van der Waals surface area contributed by atoms with Crippen molar-refractivity contribution in [1.82, 2.24) is 0 Å². The zero-order chi connectivity index (χ0) is 10.8. The average molecular weight is 196 g/mol. The standard InChI is InChI=1S/C13H24O/c1-4-5-6-7-8-9-10-13(14)11-12(2)3/h12-14H,4-8,11H2,1-3H3. The van der Waals surface area contributed by atoms with E-state index < -0.39 is 6.10 Å². The lowest BCUT2D eigenvalue weighted by Gasteiger charge is -2.05. The van der Waals surface area contributed by atoms with E-state index in [1.807, 2.05) is 0 Å². The minimum atomic E-state index is -0.416. The van der Waals surface area contributed by atoms with E-state index in [2.05, 4.69) is 32.6 Å². The summed E-state index contributed by atoms with van der Waals surface area (Å²) in [5.41, 5.74) is 0. The second-order valence-corrected chi connectivity index (χ2v) is 4.28. The van der Waals surface area contributed by atoms with Crippen LogP contribution in [0.2, 0.25) is 0 Å². The van der Waals surface area contributed by atoms with Crippen LogP contribution in [0.1, 0.15) is 59.3 Å². The van der Waals surface area contributed by atoms with Crippen LogP contribution < -0.4 is 0 Å². The molecule has 1 heteroatoms. The predicted molar refractivity (Wildman–Crippen MR) is 62.0 cm³/mol. The van der Waals surface area contributed by atoms with Gasteiger partial charge in [-0.3, -0.25) is 0 Å². The maximum Gasteiger partial charge on any atom is 0.115 e. The second-order valence-electron chi connectivity index (χ2n) is 4.28. The molecule has 0 aliphatic rings. The number of hydrogen-bond acceptors (Lipinski definition) is 1. The van der Waals surface area contributed by atoms with Crippen LogP contribution in [0.15, 0.2) is 0 Å². The highest BCUT2D eigenvalue weighted by atomic mass is 16.3. The summed E-state index contributed by atoms with van der Waals surface area (Å²) < 4.78 is 0. The molecule has 14 heavy (non-hydrogen) atoms. The Kier molecular flexibility index (Phi) is 8.78. The van der Waals surface area contributed by atoms with Crippen molar-refractivity contribution in [2.75, 3.05) is 0 Å². The molecule has 0 rings (SSSR count). The van der Waals surface area contributed by atoms with Gasteiger partial charge >= 0.3 is 0 Å². The SMILES string of the molecule is CCCCCCC#CC(O)CC(C)C. The van der Waals surface area contributed by atoms with Crippen LogP contribution in [0.5, 0.6) is 0 Å². The van der Waals surface area contributed by atoms with Gasteiger partial charge < -0.3 is 5.11 Å². The minimum absolute atomic E-state index is 0.416. The van der Waals surface area contributed by atoms with Crippen molar-refractivity contribution >= 4 is 0 Å². The number of aliphatic hydroxyl groups excluding tert-OH is 1. The van der Waals surface area contributed by atoms with E-state index in [-0.39, 0.29) is 0 Å². The van der Waals surface area contributed by atoms with Gasteiger partial charge in [-0.25, -0.2) is 0 Å². The zero-order valence-electron chi connectivity index (χ0n) is 9.84. The number of rotatable bonds is 6. The van der Waals surface area contributed by atoms with E-state index in [4.69, 9.17) is 0 Å². The molecule has 0 saturated carbocycles. The first-order valence-electron chi connectivity index (χ1n) is 5.83. The van der Waals surface area contributed by atoms with E-state index in [1.54, 1.807) is 0 Å². The molecule has 0 saturated heterocycles. The first-order chi connectivity index (χ1) is 6.66. The van der Waals surface area contributed by atoms with Crippen molar-refractivity contribution in [2.24, 2.45) is 5.92 Å². The molecule has 0 heterocycles. The van der Waals surface area contributed by atoms with Gasteiger partial charge in [-0.15, -0.1) is 5.92 Å². The highest BCUT2D eigenvalue weighted by molar-refractivity contribution is 5.04. The molecule has 1 atom stereocenters. The summed E-state index contributed by atoms with van der Waals surface area (Å²) in [5, 5.41) is 9.45. The van der Waals surface area contributed by atoms with Gasteiger partial charge in [0.15, 0.2) is 0 Å². The Labute approximate surface area is 88.9 Å². The Morgan fingerprint density at radius 3 is 2.43 bits per heavy atom. The summed E-state index contributed by atoms with van der Waals surface area (Å²) in [6, 6.07) is 0. The predicted octanol–water partition coefficient (Wildman–Crippen LogP) is 3.37. The van der Waals surface area contributed by atoms with E-state index >= 15 is 0 Å². The van der Waals surface area contributed by atoms with Crippen molar-refractivity contribution in [2.45, 2.75) is 65.4 Å². The third-order valence-corrected chi connectivity index (χ3v) is 2.12. The van der Waals surface area contributed by atoms with E-state index in [0.717, 1.165) is 12.8 Å². The fourth-order valence-corrected chi connectivity index (χ4v) is 1.34. The van der Waals surface area contributed by atoms with Gasteiger partial charge in [0.25, 0.3) is 0 Å². The van der Waals surface area contributed by atoms with E-state index in [9.17, 15) is 5.11 Å². The lowest BCUT2D eigenvalue weighted by atomic mass is 10.1. The molecular formula is C13H24O. The molecule has 82 valence electrons. The third-order valence-electron chi connectivity index (χ3n) is 2.12. The topological polar surface area (TPSA) is 20.2 Å². The van der Waals surface area contributed by atoms with Gasteiger partial charge in [0, 0.05) is 6.42 Å². The molecule has 0 aliphatic carbocycles. The molecule has 0 aromatic carbocycles. The minimum Gasteiger partial charge on any atom is -0.380 e. The van der Waals surface area contributed by atoms with Crippen molar-refractivity contribution in [3.05, 3.63) is 0 Å². The molecular weight excluding hydrogens is 172 g/mol. The lowest BCUT2D eigenvalue weighted by Crippen LogP contribution is -2.06. The summed E-state index contributed by atoms with van der Waals surface area (Å²) in [4.78, 5) is 0. The molecule has 1 unspecified atom stereocenters. The zero-order valence-corrected chi connectivity index (χ0v) is 9.84. The maximum absolute atomic E-state index is 9.45. The molecule has 0 aromatic heterocycles. The molecule has 0 aliphatic heterocycles. The molecule has 0 spiro atoms. The quantitative estimate of drug-likeness (QED) is 0.510. The van der Waals surface area contributed by atoms with Gasteiger partial charge in [0.05, 0.1) is 0 Å². The maximum atomic E-state index is 9.45. The lowest BCUT2D eigenvalue weighted by molar-refractivity contribution is 0.204. The first-order valence-corrected chi connectivity index (χ1v) is 5.83. The summed E-state index contributed by atoms with van der Waals surface area (Å²) in [5.74, 6) is 6.47. The molecule has 0 amide bonds. The monoisotopic (exact) mass is 196 g/mol. The van der Waals surface area contributed by atoms with Crippen LogP contribution in [0.4, 0.5) is 0 Å². The highest BCUT2D eigenvalue weighted by Gasteiger charge is 2.01. The second kappa shape index (κ2) is 9.09. The van der Waals surface area contributed by atoms with Crippen LogP contribution in [-0.4, -0.2) is 11.2 Å². The smallest absolute Gasteiger partial charge is 0.115 e. The number of unbranched alkanes of at least 4 members (excludes halogenated alkanes) is 4. The van der Waals surface area contributed by atoms with Crippen LogP contribution >= 0.6 is 0 Å². The fourth-order valence-electron chi connectivity index (χ4n) is 1.34. The van der Waals surface area contributed by atoms with Gasteiger partial charge in [0.2, 0.25) is 0 Å². The summed E-state index contributed by atoms with van der Waals surface area (Å²) in [6.45, 7) is 6.41. The Morgan fingerprint density at radius 2 is 1.86 bits per heavy atom. The first kappa shape index (κ1) is 13.5. The third kappa shape index (κ3) is 9.61. The average Bonchev–Trinajstić information content (AvgIpc) is 2.10. The van der Waals surface area contributed by atoms with Crippen LogP contribution in [0.3, 0.4) is 0 Å². The van der Waals surface area contributed by atoms with E-state index in [1.165, 1.54) is 25.7 Å². The molecule has 1 N–H and O–H groups in total. The molecule has 0 bridgehead atoms. The van der Waals surface area contributed by atoms with Crippen molar-refractivity contribution in [3.63, 3.8) is 0 Å². The van der Waals surface area contributed by atoms with Crippen LogP contribution in [0, 0.1) is 17.8 Å². The Balaban J connectivity index is 3.41. The normalized spacial score (nSPS) is 12.4.